The Bertz CT molecular complexity index is 223. The highest BCUT2D eigenvalue weighted by atomic mass is 16.5. The summed E-state index contributed by atoms with van der Waals surface area (Å²) in [5, 5.41) is 0. The Morgan fingerprint density at radius 3 is 2.65 bits per heavy atom. The van der Waals surface area contributed by atoms with E-state index in [2.05, 4.69) is 6.92 Å². The fourth-order valence-electron chi connectivity index (χ4n) is 3.74. The molecule has 0 aromatic rings. The molecule has 1 aliphatic heterocycles. The highest BCUT2D eigenvalue weighted by molar-refractivity contribution is 4.91. The molecule has 2 atom stereocenters. The molecule has 0 aromatic heterocycles. The molecule has 1 aliphatic carbocycles. The van der Waals surface area contributed by atoms with E-state index >= 15 is 0 Å². The van der Waals surface area contributed by atoms with E-state index in [-0.39, 0.29) is 5.60 Å². The molecular weight excluding hydrogens is 210 g/mol. The highest BCUT2D eigenvalue weighted by Crippen LogP contribution is 2.43. The van der Waals surface area contributed by atoms with Crippen LogP contribution in [-0.2, 0) is 4.74 Å². The lowest BCUT2D eigenvalue weighted by molar-refractivity contribution is -0.0697. The van der Waals surface area contributed by atoms with Gasteiger partial charge in [-0.05, 0) is 51.0 Å². The lowest BCUT2D eigenvalue weighted by Crippen LogP contribution is -2.32. The maximum atomic E-state index is 6.41. The Balaban J connectivity index is 1.80. The Morgan fingerprint density at radius 1 is 1.24 bits per heavy atom. The van der Waals surface area contributed by atoms with Crippen LogP contribution in [0.25, 0.3) is 0 Å². The summed E-state index contributed by atoms with van der Waals surface area (Å²) in [7, 11) is 0. The van der Waals surface area contributed by atoms with Crippen LogP contribution < -0.4 is 5.73 Å². The first-order valence-corrected chi connectivity index (χ1v) is 7.66. The number of nitrogens with two attached hydrogens (primary N) is 1. The van der Waals surface area contributed by atoms with Crippen molar-refractivity contribution in [1.82, 2.24) is 0 Å². The summed E-state index contributed by atoms with van der Waals surface area (Å²) in [6.07, 6.45) is 13.6. The minimum atomic E-state index is 0.286. The minimum Gasteiger partial charge on any atom is -0.372 e. The predicted molar refractivity (Wildman–Crippen MR) is 72.0 cm³/mol. The molecule has 0 amide bonds. The second kappa shape index (κ2) is 6.19. The molecule has 2 heteroatoms. The van der Waals surface area contributed by atoms with Gasteiger partial charge in [-0.2, -0.15) is 0 Å². The molecule has 2 aliphatic rings. The minimum absolute atomic E-state index is 0.286. The normalized spacial score (nSPS) is 29.6. The average Bonchev–Trinajstić information content (AvgIpc) is 2.72. The van der Waals surface area contributed by atoms with Crippen LogP contribution in [0.4, 0.5) is 0 Å². The summed E-state index contributed by atoms with van der Waals surface area (Å²) in [4.78, 5) is 0. The van der Waals surface area contributed by atoms with E-state index < -0.39 is 0 Å². The van der Waals surface area contributed by atoms with Crippen molar-refractivity contribution in [3.63, 3.8) is 0 Å². The molecule has 0 bridgehead atoms. The van der Waals surface area contributed by atoms with Crippen molar-refractivity contribution in [3.8, 4) is 0 Å². The van der Waals surface area contributed by atoms with Crippen molar-refractivity contribution < 1.29 is 4.74 Å². The van der Waals surface area contributed by atoms with Crippen molar-refractivity contribution >= 4 is 0 Å². The lowest BCUT2D eigenvalue weighted by Gasteiger charge is -2.33. The van der Waals surface area contributed by atoms with Crippen LogP contribution in [0.1, 0.15) is 71.1 Å². The molecule has 2 N–H and O–H groups in total. The van der Waals surface area contributed by atoms with Crippen LogP contribution in [0.3, 0.4) is 0 Å². The molecule has 2 unspecified atom stereocenters. The van der Waals surface area contributed by atoms with Gasteiger partial charge in [0.25, 0.3) is 0 Å². The van der Waals surface area contributed by atoms with Crippen LogP contribution >= 0.6 is 0 Å². The van der Waals surface area contributed by atoms with Crippen molar-refractivity contribution in [2.24, 2.45) is 11.7 Å². The first-order valence-electron chi connectivity index (χ1n) is 7.66. The number of hydrogen-bond donors (Lipinski definition) is 1. The molecule has 1 spiro atoms. The van der Waals surface area contributed by atoms with E-state index in [1.807, 2.05) is 0 Å². The van der Waals surface area contributed by atoms with Crippen LogP contribution in [0, 0.1) is 5.92 Å². The second-order valence-electron chi connectivity index (χ2n) is 6.15. The largest absolute Gasteiger partial charge is 0.372 e. The van der Waals surface area contributed by atoms with Gasteiger partial charge in [0.05, 0.1) is 11.7 Å². The summed E-state index contributed by atoms with van der Waals surface area (Å²) in [5.41, 5.74) is 6.14. The fourth-order valence-corrected chi connectivity index (χ4v) is 3.74. The summed E-state index contributed by atoms with van der Waals surface area (Å²) >= 11 is 0. The van der Waals surface area contributed by atoms with Crippen molar-refractivity contribution in [2.45, 2.75) is 82.8 Å². The van der Waals surface area contributed by atoms with Crippen LogP contribution in [0.2, 0.25) is 0 Å². The number of rotatable bonds is 5. The molecule has 1 heterocycles. The molecule has 2 fully saturated rings. The van der Waals surface area contributed by atoms with Crippen molar-refractivity contribution in [2.75, 3.05) is 6.54 Å². The third-order valence-corrected chi connectivity index (χ3v) is 4.73. The SMILES string of the molecule is CCCC(CN)CC1CCC2(CCCCC2)O1. The summed E-state index contributed by atoms with van der Waals surface area (Å²) in [5.74, 6) is 0.684. The average molecular weight is 239 g/mol. The standard InChI is InChI=1S/C15H29NO/c1-2-6-13(12-16)11-14-7-10-15(17-14)8-4-3-5-9-15/h13-14H,2-12,16H2,1H3. The first kappa shape index (κ1) is 13.4. The van der Waals surface area contributed by atoms with Gasteiger partial charge in [-0.1, -0.05) is 32.6 Å². The van der Waals surface area contributed by atoms with Crippen LogP contribution in [0.15, 0.2) is 0 Å². The van der Waals surface area contributed by atoms with E-state index in [1.54, 1.807) is 0 Å². The third-order valence-electron chi connectivity index (χ3n) is 4.73. The predicted octanol–water partition coefficient (Wildman–Crippen LogP) is 3.63. The van der Waals surface area contributed by atoms with Gasteiger partial charge in [-0.3, -0.25) is 0 Å². The topological polar surface area (TPSA) is 35.2 Å². The molecule has 17 heavy (non-hydrogen) atoms. The van der Waals surface area contributed by atoms with E-state index in [9.17, 15) is 0 Å². The Labute approximate surface area is 106 Å². The zero-order valence-corrected chi connectivity index (χ0v) is 11.4. The lowest BCUT2D eigenvalue weighted by atomic mass is 9.83. The Kier molecular flexibility index (Phi) is 4.87. The monoisotopic (exact) mass is 239 g/mol. The van der Waals surface area contributed by atoms with Gasteiger partial charge < -0.3 is 10.5 Å². The highest BCUT2D eigenvalue weighted by Gasteiger charge is 2.40. The smallest absolute Gasteiger partial charge is 0.0687 e. The molecule has 1 saturated carbocycles. The van der Waals surface area contributed by atoms with Gasteiger partial charge in [0.1, 0.15) is 0 Å². The fraction of sp³-hybridized carbons (Fsp3) is 1.00. The molecule has 2 rings (SSSR count). The van der Waals surface area contributed by atoms with E-state index in [4.69, 9.17) is 10.5 Å². The molecule has 1 saturated heterocycles. The third kappa shape index (κ3) is 3.45. The van der Waals surface area contributed by atoms with Gasteiger partial charge >= 0.3 is 0 Å². The molecule has 2 nitrogen and oxygen atoms in total. The quantitative estimate of drug-likeness (QED) is 0.795. The summed E-state index contributed by atoms with van der Waals surface area (Å²) in [6, 6.07) is 0. The van der Waals surface area contributed by atoms with E-state index in [0.29, 0.717) is 12.0 Å². The van der Waals surface area contributed by atoms with Gasteiger partial charge in [-0.25, -0.2) is 0 Å². The van der Waals surface area contributed by atoms with Gasteiger partial charge in [0, 0.05) is 0 Å². The zero-order valence-electron chi connectivity index (χ0n) is 11.4. The Hall–Kier alpha value is -0.0800. The maximum Gasteiger partial charge on any atom is 0.0687 e. The Morgan fingerprint density at radius 2 is 2.00 bits per heavy atom. The molecular formula is C15H29NO. The second-order valence-corrected chi connectivity index (χ2v) is 6.15. The number of ether oxygens (including phenoxy) is 1. The van der Waals surface area contributed by atoms with Gasteiger partial charge in [-0.15, -0.1) is 0 Å². The maximum absolute atomic E-state index is 6.41. The molecule has 0 aromatic carbocycles. The number of hydrogen-bond acceptors (Lipinski definition) is 2. The van der Waals surface area contributed by atoms with Crippen molar-refractivity contribution in [3.05, 3.63) is 0 Å². The molecule has 0 radical (unpaired) electrons. The van der Waals surface area contributed by atoms with Crippen molar-refractivity contribution in [1.29, 1.82) is 0 Å². The summed E-state index contributed by atoms with van der Waals surface area (Å²) in [6.45, 7) is 3.08. The van der Waals surface area contributed by atoms with E-state index in [1.165, 1.54) is 64.2 Å². The first-order chi connectivity index (χ1) is 8.28. The van der Waals surface area contributed by atoms with Gasteiger partial charge in [0.2, 0.25) is 0 Å². The van der Waals surface area contributed by atoms with Crippen LogP contribution in [0.5, 0.6) is 0 Å². The van der Waals surface area contributed by atoms with Gasteiger partial charge in [0.15, 0.2) is 0 Å². The molecule has 100 valence electrons. The van der Waals surface area contributed by atoms with Crippen LogP contribution in [-0.4, -0.2) is 18.2 Å². The van der Waals surface area contributed by atoms with E-state index in [0.717, 1.165) is 6.54 Å². The zero-order chi connectivity index (χ0) is 12.1. The summed E-state index contributed by atoms with van der Waals surface area (Å²) < 4.78 is 6.41.